The molecule has 0 radical (unpaired) electrons. The molecule has 0 aliphatic carbocycles. The van der Waals surface area contributed by atoms with Crippen LogP contribution in [0.3, 0.4) is 0 Å². The molecule has 2 amide bonds. The van der Waals surface area contributed by atoms with Gasteiger partial charge in [-0.05, 0) is 24.1 Å². The van der Waals surface area contributed by atoms with Crippen LogP contribution in [0.4, 0.5) is 0 Å². The molecule has 2 bridgehead atoms. The van der Waals surface area contributed by atoms with Crippen LogP contribution in [-0.2, 0) is 16.1 Å². The minimum atomic E-state index is -0.593. The van der Waals surface area contributed by atoms with Gasteiger partial charge in [0.15, 0.2) is 0 Å². The number of nitrogens with zero attached hydrogens (tertiary/aromatic N) is 2. The van der Waals surface area contributed by atoms with Gasteiger partial charge in [-0.3, -0.25) is 14.5 Å². The van der Waals surface area contributed by atoms with E-state index in [2.05, 4.69) is 28.4 Å². The third-order valence-corrected chi connectivity index (χ3v) is 6.69. The predicted molar refractivity (Wildman–Crippen MR) is 129 cm³/mol. The molecule has 1 N–H and O–H groups in total. The molecule has 3 heterocycles. The van der Waals surface area contributed by atoms with Crippen LogP contribution in [0, 0.1) is 0 Å². The Morgan fingerprint density at radius 3 is 2.71 bits per heavy atom. The molecule has 1 fully saturated rings. The van der Waals surface area contributed by atoms with Crippen LogP contribution >= 0.6 is 0 Å². The van der Waals surface area contributed by atoms with Crippen LogP contribution in [0.1, 0.15) is 28.8 Å². The zero-order chi connectivity index (χ0) is 23.3. The first-order valence-electron chi connectivity index (χ1n) is 12.1. The molecular weight excluding hydrogens is 430 g/mol. The summed E-state index contributed by atoms with van der Waals surface area (Å²) in [7, 11) is 0. The Morgan fingerprint density at radius 1 is 1.00 bits per heavy atom. The van der Waals surface area contributed by atoms with Crippen molar-refractivity contribution >= 4 is 11.8 Å². The molecule has 3 aliphatic heterocycles. The van der Waals surface area contributed by atoms with E-state index in [1.54, 1.807) is 11.0 Å². The normalized spacial score (nSPS) is 26.0. The van der Waals surface area contributed by atoms with E-state index in [1.807, 2.05) is 42.5 Å². The van der Waals surface area contributed by atoms with Crippen molar-refractivity contribution in [3.8, 4) is 5.75 Å². The molecule has 3 aliphatic rings. The highest BCUT2D eigenvalue weighted by Crippen LogP contribution is 2.25. The van der Waals surface area contributed by atoms with Crippen molar-refractivity contribution in [2.75, 3.05) is 32.8 Å². The fourth-order valence-electron chi connectivity index (χ4n) is 4.87. The summed E-state index contributed by atoms with van der Waals surface area (Å²) in [4.78, 5) is 31.0. The third kappa shape index (κ3) is 5.16. The van der Waals surface area contributed by atoms with Crippen molar-refractivity contribution in [1.29, 1.82) is 0 Å². The maximum Gasteiger partial charge on any atom is 0.258 e. The van der Waals surface area contributed by atoms with Gasteiger partial charge >= 0.3 is 0 Å². The first-order chi connectivity index (χ1) is 16.7. The lowest BCUT2D eigenvalue weighted by molar-refractivity contribution is -0.128. The highest BCUT2D eigenvalue weighted by molar-refractivity contribution is 6.00. The van der Waals surface area contributed by atoms with E-state index in [4.69, 9.17) is 9.47 Å². The summed E-state index contributed by atoms with van der Waals surface area (Å²) < 4.78 is 12.2. The second-order valence-electron chi connectivity index (χ2n) is 9.07. The monoisotopic (exact) mass is 461 g/mol. The Morgan fingerprint density at radius 2 is 1.82 bits per heavy atom. The van der Waals surface area contributed by atoms with Crippen molar-refractivity contribution in [2.24, 2.45) is 0 Å². The first-order valence-corrected chi connectivity index (χ1v) is 12.1. The molecule has 0 unspecified atom stereocenters. The number of hydrogen-bond acceptors (Lipinski definition) is 5. The van der Waals surface area contributed by atoms with Crippen molar-refractivity contribution < 1.29 is 19.1 Å². The Labute approximate surface area is 200 Å². The van der Waals surface area contributed by atoms with Crippen LogP contribution in [0.25, 0.3) is 0 Å². The van der Waals surface area contributed by atoms with E-state index in [0.29, 0.717) is 44.1 Å². The van der Waals surface area contributed by atoms with Gasteiger partial charge in [0.25, 0.3) is 5.91 Å². The molecule has 0 spiro atoms. The molecular formula is C27H31N3O4. The molecule has 1 saturated heterocycles. The van der Waals surface area contributed by atoms with Gasteiger partial charge in [0.2, 0.25) is 5.91 Å². The third-order valence-electron chi connectivity index (χ3n) is 6.69. The van der Waals surface area contributed by atoms with Gasteiger partial charge in [-0.2, -0.15) is 0 Å². The number of benzene rings is 2. The van der Waals surface area contributed by atoms with Gasteiger partial charge in [-0.25, -0.2) is 0 Å². The SMILES string of the molecule is O=C1NC[C@@H]2C=CC[C@@H](CCOc3ccccc3C(=O)N3CCN(Cc4ccccc4)C[C@@H]13)O2. The highest BCUT2D eigenvalue weighted by Gasteiger charge is 2.37. The van der Waals surface area contributed by atoms with Crippen LogP contribution in [0.15, 0.2) is 66.7 Å². The quantitative estimate of drug-likeness (QED) is 0.697. The van der Waals surface area contributed by atoms with Gasteiger partial charge in [0.05, 0.1) is 24.4 Å². The molecule has 178 valence electrons. The first kappa shape index (κ1) is 22.6. The van der Waals surface area contributed by atoms with Crippen molar-refractivity contribution in [3.05, 3.63) is 77.9 Å². The number of ether oxygens (including phenoxy) is 2. The Bertz CT molecular complexity index is 1040. The fourth-order valence-corrected chi connectivity index (χ4v) is 4.87. The Balaban J connectivity index is 1.41. The number of amides is 2. The number of carbonyl (C=O) groups excluding carboxylic acids is 2. The molecule has 2 aromatic carbocycles. The summed E-state index contributed by atoms with van der Waals surface area (Å²) in [5.74, 6) is 0.238. The molecule has 7 nitrogen and oxygen atoms in total. The van der Waals surface area contributed by atoms with E-state index in [-0.39, 0.29) is 24.0 Å². The van der Waals surface area contributed by atoms with E-state index in [9.17, 15) is 9.59 Å². The number of piperazine rings is 1. The molecule has 7 heteroatoms. The topological polar surface area (TPSA) is 71.1 Å². The van der Waals surface area contributed by atoms with Gasteiger partial charge in [-0.1, -0.05) is 54.6 Å². The maximum atomic E-state index is 13.7. The fraction of sp³-hybridized carbons (Fsp3) is 0.407. The van der Waals surface area contributed by atoms with Gasteiger partial charge in [0.1, 0.15) is 11.8 Å². The summed E-state index contributed by atoms with van der Waals surface area (Å²) in [6, 6.07) is 16.9. The number of fused-ring (bicyclic) bond motifs is 4. The number of hydrogen-bond donors (Lipinski definition) is 1. The van der Waals surface area contributed by atoms with Crippen LogP contribution in [-0.4, -0.2) is 72.6 Å². The van der Waals surface area contributed by atoms with Gasteiger partial charge < -0.3 is 19.7 Å². The largest absolute Gasteiger partial charge is 0.493 e. The molecule has 2 aromatic rings. The molecule has 0 aromatic heterocycles. The van der Waals surface area contributed by atoms with E-state index < -0.39 is 6.04 Å². The average Bonchev–Trinajstić information content (AvgIpc) is 2.87. The van der Waals surface area contributed by atoms with Crippen molar-refractivity contribution in [2.45, 2.75) is 37.6 Å². The Kier molecular flexibility index (Phi) is 6.92. The minimum absolute atomic E-state index is 0.0326. The van der Waals surface area contributed by atoms with E-state index in [0.717, 1.165) is 19.4 Å². The summed E-state index contributed by atoms with van der Waals surface area (Å²) >= 11 is 0. The number of para-hydroxylation sites is 1. The van der Waals surface area contributed by atoms with Gasteiger partial charge in [0, 0.05) is 39.1 Å². The minimum Gasteiger partial charge on any atom is -0.493 e. The van der Waals surface area contributed by atoms with Crippen LogP contribution in [0.2, 0.25) is 0 Å². The maximum absolute atomic E-state index is 13.7. The standard InChI is InChI=1S/C27H31N3O4/c31-26-24-19-29(18-20-7-2-1-3-8-20)14-15-30(24)27(32)23-11-4-5-12-25(23)33-16-13-21-9-6-10-22(34-21)17-28-26/h1-8,10-12,21-22,24H,9,13-19H2,(H,28,31)/t21-,22-,24-/m0/s1. The van der Waals surface area contributed by atoms with Crippen LogP contribution < -0.4 is 10.1 Å². The summed E-state index contributed by atoms with van der Waals surface area (Å²) in [6.07, 6.45) is 5.51. The Hall–Kier alpha value is -3.16. The number of nitrogens with one attached hydrogen (secondary N) is 1. The zero-order valence-corrected chi connectivity index (χ0v) is 19.3. The zero-order valence-electron chi connectivity index (χ0n) is 19.3. The molecule has 0 saturated carbocycles. The lowest BCUT2D eigenvalue weighted by atomic mass is 10.1. The lowest BCUT2D eigenvalue weighted by Gasteiger charge is -2.41. The second kappa shape index (κ2) is 10.4. The van der Waals surface area contributed by atoms with E-state index in [1.165, 1.54) is 5.56 Å². The second-order valence-corrected chi connectivity index (χ2v) is 9.07. The van der Waals surface area contributed by atoms with Gasteiger partial charge in [-0.15, -0.1) is 0 Å². The van der Waals surface area contributed by atoms with E-state index >= 15 is 0 Å². The van der Waals surface area contributed by atoms with Crippen LogP contribution in [0.5, 0.6) is 5.75 Å². The number of rotatable bonds is 2. The molecule has 34 heavy (non-hydrogen) atoms. The average molecular weight is 462 g/mol. The summed E-state index contributed by atoms with van der Waals surface area (Å²) in [5, 5.41) is 3.05. The summed E-state index contributed by atoms with van der Waals surface area (Å²) in [5.41, 5.74) is 1.69. The molecule has 5 rings (SSSR count). The smallest absolute Gasteiger partial charge is 0.258 e. The lowest BCUT2D eigenvalue weighted by Crippen LogP contribution is -2.61. The van der Waals surface area contributed by atoms with Crippen molar-refractivity contribution in [3.63, 3.8) is 0 Å². The highest BCUT2D eigenvalue weighted by atomic mass is 16.5. The summed E-state index contributed by atoms with van der Waals surface area (Å²) in [6.45, 7) is 3.24. The van der Waals surface area contributed by atoms with Crippen molar-refractivity contribution in [1.82, 2.24) is 15.1 Å². The predicted octanol–water partition coefficient (Wildman–Crippen LogP) is 2.63. The molecule has 3 atom stereocenters. The number of carbonyl (C=O) groups is 2.